The van der Waals surface area contributed by atoms with Gasteiger partial charge in [-0.1, -0.05) is 136 Å². The Morgan fingerprint density at radius 1 is 0.554 bits per heavy atom. The fraction of sp³-hybridized carbons (Fsp3) is 0.290. The Morgan fingerprint density at radius 2 is 0.916 bits per heavy atom. The lowest BCUT2D eigenvalue weighted by atomic mass is 9.89. The number of nitro groups is 2. The van der Waals surface area contributed by atoms with Gasteiger partial charge in [-0.2, -0.15) is 0 Å². The number of nitrogens with zero attached hydrogens (tertiary/aromatic N) is 4. The van der Waals surface area contributed by atoms with Gasteiger partial charge in [-0.15, -0.1) is 0 Å². The number of piperidine rings is 2. The maximum Gasteiger partial charge on any atom is 0.291 e. The Balaban J connectivity index is 1.13. The van der Waals surface area contributed by atoms with Gasteiger partial charge >= 0.3 is 0 Å². The molecule has 6 aromatic carbocycles. The highest BCUT2D eigenvalue weighted by molar-refractivity contribution is 7.99. The van der Waals surface area contributed by atoms with E-state index in [4.69, 9.17) is 0 Å². The van der Waals surface area contributed by atoms with Gasteiger partial charge in [0.25, 0.3) is 31.4 Å². The number of hydrogen-bond donors (Lipinski definition) is 2. The summed E-state index contributed by atoms with van der Waals surface area (Å²) in [5.74, 6) is -4.44. The van der Waals surface area contributed by atoms with Gasteiger partial charge in [0.05, 0.1) is 52.4 Å². The number of benzene rings is 6. The van der Waals surface area contributed by atoms with E-state index in [9.17, 15) is 56.2 Å². The molecule has 432 valence electrons. The number of hydrogen-bond acceptors (Lipinski definition) is 13. The fourth-order valence-corrected chi connectivity index (χ4v) is 13.6. The summed E-state index contributed by atoms with van der Waals surface area (Å²) in [7, 11) is -8.36. The summed E-state index contributed by atoms with van der Waals surface area (Å²) in [6.07, 6.45) is 6.94. The quantitative estimate of drug-likeness (QED) is 0.0462. The van der Waals surface area contributed by atoms with E-state index in [0.29, 0.717) is 36.8 Å². The van der Waals surface area contributed by atoms with Crippen LogP contribution < -0.4 is 9.44 Å². The highest BCUT2D eigenvalue weighted by Crippen LogP contribution is 2.50. The standard InChI is InChI=1S/C62H64N6O12S3/c1-39(2)49-15-7-9-17-51(49)57-43(25-33-55(69)65-35-11-13-45(37-65)61(71)63-82(77,78)47-27-19-41(5)20-28-47)23-31-53(59(57)67(73)74)81-54-32-24-44(58(60(54)68(75)76)52-18-10-8-16-50(52)40(3)4)26-34-56(70)66-36-12-14-46(38-66)62(72)64-83(79,80)48-29-21-42(6)22-30-48/h7-10,15-34,39-40,45-46H,11-14,35-38H2,1-6H3,(H,63,71)(H,64,72). The van der Waals surface area contributed by atoms with E-state index in [2.05, 4.69) is 9.44 Å². The summed E-state index contributed by atoms with van der Waals surface area (Å²) in [4.78, 5) is 83.8. The fourth-order valence-electron chi connectivity index (χ4n) is 10.4. The van der Waals surface area contributed by atoms with Crippen molar-refractivity contribution in [2.45, 2.75) is 98.6 Å². The first-order valence-corrected chi connectivity index (χ1v) is 30.9. The molecule has 21 heteroatoms. The van der Waals surface area contributed by atoms with E-state index in [1.165, 1.54) is 70.5 Å². The van der Waals surface area contributed by atoms with E-state index < -0.39 is 65.4 Å². The first kappa shape index (κ1) is 60.8. The molecular formula is C62H64N6O12S3. The van der Waals surface area contributed by atoms with Gasteiger partial charge in [0.15, 0.2) is 0 Å². The Bertz CT molecular complexity index is 3560. The molecule has 0 spiro atoms. The van der Waals surface area contributed by atoms with Gasteiger partial charge in [0, 0.05) is 38.3 Å². The van der Waals surface area contributed by atoms with E-state index in [-0.39, 0.29) is 91.2 Å². The minimum atomic E-state index is -4.18. The van der Waals surface area contributed by atoms with Crippen LogP contribution in [0.25, 0.3) is 34.4 Å². The van der Waals surface area contributed by atoms with Crippen molar-refractivity contribution in [2.24, 2.45) is 11.8 Å². The van der Waals surface area contributed by atoms with Crippen LogP contribution in [0.2, 0.25) is 0 Å². The van der Waals surface area contributed by atoms with Gasteiger partial charge < -0.3 is 9.80 Å². The maximum absolute atomic E-state index is 14.0. The largest absolute Gasteiger partial charge is 0.338 e. The molecule has 0 aromatic heterocycles. The Kier molecular flexibility index (Phi) is 19.0. The molecule has 0 radical (unpaired) electrons. The molecule has 2 fully saturated rings. The molecule has 8 rings (SSSR count). The second-order valence-electron chi connectivity index (χ2n) is 21.3. The van der Waals surface area contributed by atoms with Crippen LogP contribution in [0.5, 0.6) is 0 Å². The van der Waals surface area contributed by atoms with Gasteiger partial charge in [-0.05, 0) is 133 Å². The molecule has 2 atom stereocenters. The third-order valence-corrected chi connectivity index (χ3v) is 18.6. The molecule has 2 heterocycles. The summed E-state index contributed by atoms with van der Waals surface area (Å²) >= 11 is 0.824. The zero-order valence-corrected chi connectivity index (χ0v) is 49.2. The first-order valence-electron chi connectivity index (χ1n) is 27.1. The molecule has 6 aromatic rings. The van der Waals surface area contributed by atoms with Crippen molar-refractivity contribution in [1.29, 1.82) is 0 Å². The third-order valence-electron chi connectivity index (χ3n) is 14.8. The lowest BCUT2D eigenvalue weighted by Crippen LogP contribution is -2.46. The summed E-state index contributed by atoms with van der Waals surface area (Å²) in [6, 6.07) is 32.5. The number of likely N-dealkylation sites (tertiary alicyclic amines) is 2. The van der Waals surface area contributed by atoms with Crippen LogP contribution in [0, 0.1) is 45.9 Å². The number of rotatable bonds is 18. The molecular weight excluding hydrogens is 1120 g/mol. The summed E-state index contributed by atoms with van der Waals surface area (Å²) in [6.45, 7) is 11.8. The molecule has 2 unspecified atom stereocenters. The molecule has 2 N–H and O–H groups in total. The monoisotopic (exact) mass is 1180 g/mol. The Labute approximate surface area is 487 Å². The molecule has 4 amide bonds. The minimum absolute atomic E-state index is 0.0533. The molecule has 2 aliphatic heterocycles. The Morgan fingerprint density at radius 3 is 1.27 bits per heavy atom. The zero-order valence-electron chi connectivity index (χ0n) is 46.7. The van der Waals surface area contributed by atoms with Crippen molar-refractivity contribution in [3.8, 4) is 22.3 Å². The van der Waals surface area contributed by atoms with Crippen LogP contribution in [0.3, 0.4) is 0 Å². The first-order chi connectivity index (χ1) is 39.4. The number of carbonyl (C=O) groups excluding carboxylic acids is 4. The lowest BCUT2D eigenvalue weighted by molar-refractivity contribution is -0.387. The molecule has 0 aliphatic carbocycles. The predicted octanol–water partition coefficient (Wildman–Crippen LogP) is 11.4. The number of nitrogens with one attached hydrogen (secondary N) is 2. The van der Waals surface area contributed by atoms with Gasteiger partial charge in [0.1, 0.15) is 0 Å². The van der Waals surface area contributed by atoms with Crippen molar-refractivity contribution >= 4 is 79.0 Å². The molecule has 0 bridgehead atoms. The minimum Gasteiger partial charge on any atom is -0.338 e. The average Bonchev–Trinajstić information content (AvgIpc) is 3.64. The highest BCUT2D eigenvalue weighted by atomic mass is 32.2. The van der Waals surface area contributed by atoms with Gasteiger partial charge in [-0.25, -0.2) is 26.3 Å². The van der Waals surface area contributed by atoms with E-state index in [1.54, 1.807) is 74.5 Å². The molecule has 83 heavy (non-hydrogen) atoms. The molecule has 0 saturated carbocycles. The maximum atomic E-state index is 14.0. The number of carbonyl (C=O) groups is 4. The third kappa shape index (κ3) is 14.2. The number of aryl methyl sites for hydroxylation is 2. The van der Waals surface area contributed by atoms with Crippen LogP contribution in [0.15, 0.2) is 153 Å². The van der Waals surface area contributed by atoms with Crippen LogP contribution in [0.1, 0.15) is 98.6 Å². The van der Waals surface area contributed by atoms with E-state index >= 15 is 0 Å². The second kappa shape index (κ2) is 25.9. The van der Waals surface area contributed by atoms with Crippen molar-refractivity contribution in [1.82, 2.24) is 19.2 Å². The molecule has 2 aliphatic rings. The van der Waals surface area contributed by atoms with Gasteiger partial charge in [-0.3, -0.25) is 39.4 Å². The number of nitro benzene ring substituents is 2. The van der Waals surface area contributed by atoms with Crippen molar-refractivity contribution in [3.63, 3.8) is 0 Å². The van der Waals surface area contributed by atoms with E-state index in [0.717, 1.165) is 34.0 Å². The predicted molar refractivity (Wildman–Crippen MR) is 319 cm³/mol. The highest BCUT2D eigenvalue weighted by Gasteiger charge is 2.35. The van der Waals surface area contributed by atoms with Crippen LogP contribution in [0.4, 0.5) is 11.4 Å². The van der Waals surface area contributed by atoms with Crippen molar-refractivity contribution in [2.75, 3.05) is 26.2 Å². The number of amides is 4. The summed E-state index contributed by atoms with van der Waals surface area (Å²) in [5, 5.41) is 27.3. The number of sulfonamides is 2. The Hall–Kier alpha value is -8.27. The lowest BCUT2D eigenvalue weighted by Gasteiger charge is -2.31. The zero-order chi connectivity index (χ0) is 59.9. The topological polar surface area (TPSA) is 253 Å². The second-order valence-corrected chi connectivity index (χ2v) is 25.8. The molecule has 18 nitrogen and oxygen atoms in total. The van der Waals surface area contributed by atoms with Crippen molar-refractivity contribution < 1.29 is 45.9 Å². The molecule has 2 saturated heterocycles. The summed E-state index contributed by atoms with van der Waals surface area (Å²) in [5.41, 5.74) is 4.31. The van der Waals surface area contributed by atoms with E-state index in [1.807, 2.05) is 52.0 Å². The normalized spacial score (nSPS) is 15.9. The smallest absolute Gasteiger partial charge is 0.291 e. The van der Waals surface area contributed by atoms with Gasteiger partial charge in [0.2, 0.25) is 23.6 Å². The summed E-state index contributed by atoms with van der Waals surface area (Å²) < 4.78 is 56.7. The van der Waals surface area contributed by atoms with Crippen molar-refractivity contribution in [3.05, 3.63) is 187 Å². The van der Waals surface area contributed by atoms with Crippen LogP contribution >= 0.6 is 11.8 Å². The van der Waals surface area contributed by atoms with Crippen LogP contribution in [-0.4, -0.2) is 86.3 Å². The SMILES string of the molecule is Cc1ccc(S(=O)(=O)NC(=O)C2CCCN(C(=O)C=Cc3ccc(Sc4ccc(C=CC(=O)N5CCCC(C(=O)NS(=O)(=O)c6ccc(C)cc6)C5)c(-c5ccccc5C(C)C)c4[N+](=O)[O-])c([N+](=O)[O-])c3-c3ccccc3C(C)C)C2)cc1. The van der Waals surface area contributed by atoms with Crippen LogP contribution in [-0.2, 0) is 39.2 Å². The average molecular weight is 1180 g/mol.